The molecule has 4 aromatic rings. The van der Waals surface area contributed by atoms with E-state index in [1.165, 1.54) is 0 Å². The van der Waals surface area contributed by atoms with E-state index in [1.54, 1.807) is 7.11 Å². The quantitative estimate of drug-likeness (QED) is 0.530. The van der Waals surface area contributed by atoms with E-state index < -0.39 is 5.97 Å². The minimum atomic E-state index is -1.09. The van der Waals surface area contributed by atoms with Gasteiger partial charge in [-0.1, -0.05) is 24.3 Å². The van der Waals surface area contributed by atoms with Crippen LogP contribution in [0.25, 0.3) is 11.4 Å². The van der Waals surface area contributed by atoms with Crippen LogP contribution in [0.3, 0.4) is 0 Å². The Balaban J connectivity index is 0.000000224. The molecule has 4 rings (SSSR count). The Labute approximate surface area is 166 Å². The number of nitrogens with one attached hydrogen (secondary N) is 1. The zero-order chi connectivity index (χ0) is 20.5. The first-order valence-electron chi connectivity index (χ1n) is 8.44. The van der Waals surface area contributed by atoms with Gasteiger partial charge in [0.1, 0.15) is 17.8 Å². The second kappa shape index (κ2) is 9.60. The molecular formula is C20H17N5O4. The highest BCUT2D eigenvalue weighted by molar-refractivity contribution is 5.84. The summed E-state index contributed by atoms with van der Waals surface area (Å²) in [5, 5.41) is 14.9. The van der Waals surface area contributed by atoms with E-state index in [0.29, 0.717) is 5.88 Å². The zero-order valence-electron chi connectivity index (χ0n) is 15.4. The number of carboxylic acids is 1. The number of aromatic carboxylic acids is 1. The Morgan fingerprint density at radius 2 is 1.86 bits per heavy atom. The fourth-order valence-electron chi connectivity index (χ4n) is 2.23. The van der Waals surface area contributed by atoms with Crippen molar-refractivity contribution >= 4 is 5.97 Å². The number of pyridine rings is 1. The average molecular weight is 391 g/mol. The zero-order valence-corrected chi connectivity index (χ0v) is 15.4. The van der Waals surface area contributed by atoms with Gasteiger partial charge in [-0.25, -0.2) is 14.8 Å². The minimum absolute atomic E-state index is 0.0926. The molecule has 0 atom stereocenters. The topological polar surface area (TPSA) is 123 Å². The van der Waals surface area contributed by atoms with E-state index in [0.717, 1.165) is 35.4 Å². The van der Waals surface area contributed by atoms with Crippen molar-refractivity contribution in [2.75, 3.05) is 7.11 Å². The number of carbonyl (C=O) groups is 1. The van der Waals surface area contributed by atoms with Crippen LogP contribution >= 0.6 is 0 Å². The van der Waals surface area contributed by atoms with Gasteiger partial charge in [0, 0.05) is 18.3 Å². The molecule has 0 spiro atoms. The number of ether oxygens (including phenoxy) is 2. The molecule has 0 aliphatic heterocycles. The molecule has 146 valence electrons. The largest absolute Gasteiger partial charge is 0.481 e. The van der Waals surface area contributed by atoms with Crippen molar-refractivity contribution in [1.82, 2.24) is 25.1 Å². The lowest BCUT2D eigenvalue weighted by Gasteiger charge is -2.02. The summed E-state index contributed by atoms with van der Waals surface area (Å²) >= 11 is 0. The number of H-pyrrole nitrogens is 1. The number of aromatic amines is 1. The van der Waals surface area contributed by atoms with Gasteiger partial charge < -0.3 is 19.6 Å². The summed E-state index contributed by atoms with van der Waals surface area (Å²) in [5.41, 5.74) is 1.60. The number of hydrogen-bond donors (Lipinski definition) is 2. The SMILES string of the molecule is COc1cccc(-c2cc(Oc3ccccc3)c[nH]2)n1.O=C(O)c1cnncn1. The molecule has 0 aliphatic rings. The van der Waals surface area contributed by atoms with Crippen LogP contribution in [0.15, 0.2) is 73.3 Å². The highest BCUT2D eigenvalue weighted by atomic mass is 16.5. The lowest BCUT2D eigenvalue weighted by molar-refractivity contribution is 0.0689. The number of benzene rings is 1. The molecule has 9 nitrogen and oxygen atoms in total. The van der Waals surface area contributed by atoms with Crippen molar-refractivity contribution in [3.8, 4) is 28.8 Å². The molecule has 3 aromatic heterocycles. The normalized spacial score (nSPS) is 9.83. The van der Waals surface area contributed by atoms with Gasteiger partial charge in [0.25, 0.3) is 0 Å². The van der Waals surface area contributed by atoms with Gasteiger partial charge in [0.15, 0.2) is 5.69 Å². The Morgan fingerprint density at radius 3 is 2.52 bits per heavy atom. The smallest absolute Gasteiger partial charge is 0.356 e. The molecule has 0 unspecified atom stereocenters. The van der Waals surface area contributed by atoms with Crippen LogP contribution in [0.1, 0.15) is 10.5 Å². The third kappa shape index (κ3) is 5.60. The molecule has 0 saturated carbocycles. The number of nitrogens with zero attached hydrogens (tertiary/aromatic N) is 4. The van der Waals surface area contributed by atoms with Crippen LogP contribution in [-0.2, 0) is 0 Å². The van der Waals surface area contributed by atoms with Crippen LogP contribution in [0.2, 0.25) is 0 Å². The van der Waals surface area contributed by atoms with Crippen LogP contribution < -0.4 is 9.47 Å². The minimum Gasteiger partial charge on any atom is -0.481 e. The van der Waals surface area contributed by atoms with Gasteiger partial charge in [0.05, 0.1) is 24.7 Å². The number of para-hydroxylation sites is 1. The highest BCUT2D eigenvalue weighted by Crippen LogP contribution is 2.26. The van der Waals surface area contributed by atoms with Gasteiger partial charge >= 0.3 is 5.97 Å². The molecule has 0 fully saturated rings. The first kappa shape index (κ1) is 19.5. The van der Waals surface area contributed by atoms with E-state index in [2.05, 4.69) is 25.1 Å². The van der Waals surface area contributed by atoms with Gasteiger partial charge in [-0.05, 0) is 18.2 Å². The maximum absolute atomic E-state index is 10.1. The highest BCUT2D eigenvalue weighted by Gasteiger charge is 2.06. The molecule has 0 bridgehead atoms. The van der Waals surface area contributed by atoms with Gasteiger partial charge in [-0.15, -0.1) is 5.10 Å². The predicted molar refractivity (Wildman–Crippen MR) is 104 cm³/mol. The van der Waals surface area contributed by atoms with E-state index in [1.807, 2.05) is 60.8 Å². The molecule has 0 aliphatic carbocycles. The molecule has 0 radical (unpaired) electrons. The standard InChI is InChI=1S/C16H14N2O2.C4H3N3O2/c1-19-16-9-5-8-14(18-16)15-10-13(11-17-15)20-12-6-3-2-4-7-12;8-4(9)3-1-6-7-2-5-3/h2-11,17H,1H3;1-2H,(H,8,9). The molecule has 29 heavy (non-hydrogen) atoms. The summed E-state index contributed by atoms with van der Waals surface area (Å²) in [5.74, 6) is 1.04. The molecule has 0 amide bonds. The fourth-order valence-corrected chi connectivity index (χ4v) is 2.23. The van der Waals surface area contributed by atoms with Crippen molar-refractivity contribution in [3.63, 3.8) is 0 Å². The summed E-state index contributed by atoms with van der Waals surface area (Å²) in [6.45, 7) is 0. The number of hydrogen-bond acceptors (Lipinski definition) is 7. The van der Waals surface area contributed by atoms with Crippen molar-refractivity contribution in [1.29, 1.82) is 0 Å². The molecule has 3 heterocycles. The van der Waals surface area contributed by atoms with Gasteiger partial charge in [-0.2, -0.15) is 5.10 Å². The van der Waals surface area contributed by atoms with Gasteiger partial charge in [-0.3, -0.25) is 0 Å². The first-order valence-corrected chi connectivity index (χ1v) is 8.44. The van der Waals surface area contributed by atoms with Crippen molar-refractivity contribution in [3.05, 3.63) is 79.0 Å². The fraction of sp³-hybridized carbons (Fsp3) is 0.0500. The van der Waals surface area contributed by atoms with E-state index in [9.17, 15) is 4.79 Å². The molecular weight excluding hydrogens is 374 g/mol. The summed E-state index contributed by atoms with van der Waals surface area (Å²) in [6.07, 6.45) is 3.98. The Bertz CT molecular complexity index is 1050. The summed E-state index contributed by atoms with van der Waals surface area (Å²) in [6, 6.07) is 17.2. The molecule has 1 aromatic carbocycles. The van der Waals surface area contributed by atoms with E-state index in [4.69, 9.17) is 14.6 Å². The van der Waals surface area contributed by atoms with Crippen LogP contribution in [0.5, 0.6) is 17.4 Å². The number of rotatable bonds is 5. The summed E-state index contributed by atoms with van der Waals surface area (Å²) in [7, 11) is 1.60. The van der Waals surface area contributed by atoms with Crippen molar-refractivity contribution < 1.29 is 19.4 Å². The second-order valence-corrected chi connectivity index (χ2v) is 5.52. The predicted octanol–water partition coefficient (Wildman–Crippen LogP) is 3.45. The number of carboxylic acid groups (broad SMARTS) is 1. The average Bonchev–Trinajstić information content (AvgIpc) is 3.24. The van der Waals surface area contributed by atoms with Crippen LogP contribution in [0, 0.1) is 0 Å². The lowest BCUT2D eigenvalue weighted by atomic mass is 10.3. The monoisotopic (exact) mass is 391 g/mol. The Hall–Kier alpha value is -4.27. The van der Waals surface area contributed by atoms with Crippen LogP contribution in [0.4, 0.5) is 0 Å². The lowest BCUT2D eigenvalue weighted by Crippen LogP contribution is -2.00. The van der Waals surface area contributed by atoms with E-state index in [-0.39, 0.29) is 5.69 Å². The number of methoxy groups -OCH3 is 1. The van der Waals surface area contributed by atoms with E-state index >= 15 is 0 Å². The maximum atomic E-state index is 10.1. The van der Waals surface area contributed by atoms with Crippen molar-refractivity contribution in [2.45, 2.75) is 0 Å². The second-order valence-electron chi connectivity index (χ2n) is 5.52. The summed E-state index contributed by atoms with van der Waals surface area (Å²) in [4.78, 5) is 21.0. The van der Waals surface area contributed by atoms with Gasteiger partial charge in [0.2, 0.25) is 5.88 Å². The third-order valence-corrected chi connectivity index (χ3v) is 3.56. The molecule has 2 N–H and O–H groups in total. The number of aromatic nitrogens is 5. The van der Waals surface area contributed by atoms with Crippen LogP contribution in [-0.4, -0.2) is 43.3 Å². The maximum Gasteiger partial charge on any atom is 0.356 e. The summed E-state index contributed by atoms with van der Waals surface area (Å²) < 4.78 is 10.9. The Morgan fingerprint density at radius 1 is 1.03 bits per heavy atom. The Kier molecular flexibility index (Phi) is 6.45. The first-order chi connectivity index (χ1) is 14.2. The molecule has 9 heteroatoms. The third-order valence-electron chi connectivity index (χ3n) is 3.56. The molecule has 0 saturated heterocycles. The van der Waals surface area contributed by atoms with Crippen molar-refractivity contribution in [2.24, 2.45) is 0 Å².